The highest BCUT2D eigenvalue weighted by Crippen LogP contribution is 2.39. The number of fused-ring (bicyclic) bond motifs is 1. The Morgan fingerprint density at radius 1 is 1.40 bits per heavy atom. The van der Waals surface area contributed by atoms with Gasteiger partial charge in [-0.15, -0.1) is 22.7 Å². The second kappa shape index (κ2) is 7.51. The van der Waals surface area contributed by atoms with Crippen LogP contribution in [0.1, 0.15) is 50.2 Å². The Morgan fingerprint density at radius 2 is 2.20 bits per heavy atom. The molecule has 0 spiro atoms. The van der Waals surface area contributed by atoms with Gasteiger partial charge < -0.3 is 0 Å². The molecule has 3 rings (SSSR count). The van der Waals surface area contributed by atoms with E-state index in [2.05, 4.69) is 32.9 Å². The number of hydrogen-bond donors (Lipinski definition) is 0. The Bertz CT molecular complexity index is 975. The lowest BCUT2D eigenvalue weighted by Gasteiger charge is -2.14. The highest BCUT2D eigenvalue weighted by atomic mass is 32.1. The van der Waals surface area contributed by atoms with Crippen molar-refractivity contribution in [1.82, 2.24) is 9.55 Å². The van der Waals surface area contributed by atoms with Gasteiger partial charge in [0.05, 0.1) is 11.5 Å². The SMILES string of the molecule is CCc1sc2nc(C(C)C)n(CCCC#N)c(=O)c2c1-c1cccs1. The van der Waals surface area contributed by atoms with Crippen LogP contribution in [0.15, 0.2) is 22.3 Å². The molecule has 3 aromatic heterocycles. The Balaban J connectivity index is 2.29. The van der Waals surface area contributed by atoms with Gasteiger partial charge in [-0.25, -0.2) is 4.98 Å². The first-order valence-corrected chi connectivity index (χ1v) is 10.2. The zero-order chi connectivity index (χ0) is 18.0. The number of nitrogens with zero attached hydrogens (tertiary/aromatic N) is 3. The van der Waals surface area contributed by atoms with Gasteiger partial charge in [0.15, 0.2) is 0 Å². The summed E-state index contributed by atoms with van der Waals surface area (Å²) in [6.07, 6.45) is 2.01. The molecule has 0 amide bonds. The summed E-state index contributed by atoms with van der Waals surface area (Å²) in [6.45, 7) is 6.78. The van der Waals surface area contributed by atoms with Crippen LogP contribution < -0.4 is 5.56 Å². The van der Waals surface area contributed by atoms with Crippen LogP contribution in [-0.2, 0) is 13.0 Å². The highest BCUT2D eigenvalue weighted by molar-refractivity contribution is 7.20. The zero-order valence-electron chi connectivity index (χ0n) is 14.7. The van der Waals surface area contributed by atoms with E-state index in [0.29, 0.717) is 19.4 Å². The number of rotatable bonds is 6. The second-order valence-corrected chi connectivity index (χ2v) is 8.29. The first-order valence-electron chi connectivity index (χ1n) is 8.55. The summed E-state index contributed by atoms with van der Waals surface area (Å²) >= 11 is 3.29. The fraction of sp³-hybridized carbons (Fsp3) is 0.421. The number of unbranched alkanes of at least 4 members (excludes halogenated alkanes) is 1. The maximum absolute atomic E-state index is 13.3. The molecule has 0 saturated heterocycles. The third kappa shape index (κ3) is 3.26. The van der Waals surface area contributed by atoms with Gasteiger partial charge in [0, 0.05) is 34.2 Å². The molecule has 6 heteroatoms. The highest BCUT2D eigenvalue weighted by Gasteiger charge is 2.22. The fourth-order valence-electron chi connectivity index (χ4n) is 3.05. The maximum atomic E-state index is 13.3. The topological polar surface area (TPSA) is 58.7 Å². The average molecular weight is 372 g/mol. The molecule has 3 heterocycles. The van der Waals surface area contributed by atoms with Crippen molar-refractivity contribution < 1.29 is 0 Å². The third-order valence-electron chi connectivity index (χ3n) is 4.19. The van der Waals surface area contributed by atoms with Crippen molar-refractivity contribution in [2.45, 2.75) is 52.5 Å². The van der Waals surface area contributed by atoms with Gasteiger partial charge in [-0.3, -0.25) is 9.36 Å². The fourth-order valence-corrected chi connectivity index (χ4v) is 5.04. The molecular weight excluding hydrogens is 350 g/mol. The van der Waals surface area contributed by atoms with E-state index in [9.17, 15) is 4.79 Å². The summed E-state index contributed by atoms with van der Waals surface area (Å²) in [4.78, 5) is 21.4. The van der Waals surface area contributed by atoms with Crippen LogP contribution in [0.25, 0.3) is 20.7 Å². The molecule has 3 aromatic rings. The normalized spacial score (nSPS) is 11.3. The summed E-state index contributed by atoms with van der Waals surface area (Å²) in [6, 6.07) is 6.25. The minimum absolute atomic E-state index is 0.0333. The first-order chi connectivity index (χ1) is 12.1. The van der Waals surface area contributed by atoms with E-state index in [1.54, 1.807) is 27.2 Å². The Kier molecular flexibility index (Phi) is 5.36. The molecule has 0 unspecified atom stereocenters. The Morgan fingerprint density at radius 3 is 2.80 bits per heavy atom. The van der Waals surface area contributed by atoms with Gasteiger partial charge >= 0.3 is 0 Å². The molecule has 0 aliphatic carbocycles. The standard InChI is InChI=1S/C19H21N3OS2/c1-4-13-15(14-8-7-11-24-14)16-18(25-13)21-17(12(2)3)22(19(16)23)10-6-5-9-20/h7-8,11-12H,4-6,10H2,1-3H3. The molecule has 0 aromatic carbocycles. The molecule has 4 nitrogen and oxygen atoms in total. The van der Waals surface area contributed by atoms with Crippen LogP contribution in [0.3, 0.4) is 0 Å². The summed E-state index contributed by atoms with van der Waals surface area (Å²) in [5.41, 5.74) is 1.09. The minimum Gasteiger partial charge on any atom is -0.296 e. The lowest BCUT2D eigenvalue weighted by Crippen LogP contribution is -2.26. The molecular formula is C19H21N3OS2. The lowest BCUT2D eigenvalue weighted by molar-refractivity contribution is 0.568. The van der Waals surface area contributed by atoms with E-state index in [1.165, 1.54) is 4.88 Å². The van der Waals surface area contributed by atoms with Crippen molar-refractivity contribution >= 4 is 32.9 Å². The van der Waals surface area contributed by atoms with E-state index in [4.69, 9.17) is 10.2 Å². The number of aryl methyl sites for hydroxylation is 1. The van der Waals surface area contributed by atoms with Crippen molar-refractivity contribution in [3.05, 3.63) is 38.6 Å². The molecule has 0 aliphatic rings. The Labute approximate surface area is 155 Å². The molecule has 0 atom stereocenters. The third-order valence-corrected chi connectivity index (χ3v) is 6.30. The van der Waals surface area contributed by atoms with Gasteiger partial charge in [-0.2, -0.15) is 5.26 Å². The van der Waals surface area contributed by atoms with E-state index >= 15 is 0 Å². The summed E-state index contributed by atoms with van der Waals surface area (Å²) in [7, 11) is 0. The molecule has 25 heavy (non-hydrogen) atoms. The number of aromatic nitrogens is 2. The largest absolute Gasteiger partial charge is 0.296 e. The van der Waals surface area contributed by atoms with Gasteiger partial charge in [-0.1, -0.05) is 26.8 Å². The second-order valence-electron chi connectivity index (χ2n) is 6.25. The van der Waals surface area contributed by atoms with Crippen molar-refractivity contribution in [2.75, 3.05) is 0 Å². The predicted molar refractivity (Wildman–Crippen MR) is 106 cm³/mol. The van der Waals surface area contributed by atoms with Crippen molar-refractivity contribution in [3.8, 4) is 16.5 Å². The van der Waals surface area contributed by atoms with Gasteiger partial charge in [0.25, 0.3) is 5.56 Å². The minimum atomic E-state index is 0.0333. The molecule has 0 bridgehead atoms. The van der Waals surface area contributed by atoms with Crippen LogP contribution in [0.5, 0.6) is 0 Å². The molecule has 0 fully saturated rings. The van der Waals surface area contributed by atoms with Gasteiger partial charge in [0.2, 0.25) is 0 Å². The quantitative estimate of drug-likeness (QED) is 0.561. The Hall–Kier alpha value is -1.97. The monoisotopic (exact) mass is 371 g/mol. The smallest absolute Gasteiger partial charge is 0.262 e. The first kappa shape index (κ1) is 17.8. The summed E-state index contributed by atoms with van der Waals surface area (Å²) in [5, 5.41) is 11.6. The number of nitriles is 1. The molecule has 0 aliphatic heterocycles. The molecule has 0 saturated carbocycles. The zero-order valence-corrected chi connectivity index (χ0v) is 16.3. The van der Waals surface area contributed by atoms with Crippen molar-refractivity contribution in [2.24, 2.45) is 0 Å². The van der Waals surface area contributed by atoms with Crippen LogP contribution in [0.4, 0.5) is 0 Å². The van der Waals surface area contributed by atoms with E-state index in [0.717, 1.165) is 32.9 Å². The lowest BCUT2D eigenvalue weighted by atomic mass is 10.1. The van der Waals surface area contributed by atoms with Crippen LogP contribution in [0, 0.1) is 11.3 Å². The summed E-state index contributed by atoms with van der Waals surface area (Å²) in [5.74, 6) is 0.980. The number of thiophene rings is 2. The number of hydrogen-bond acceptors (Lipinski definition) is 5. The van der Waals surface area contributed by atoms with E-state index in [1.807, 2.05) is 11.4 Å². The maximum Gasteiger partial charge on any atom is 0.262 e. The van der Waals surface area contributed by atoms with Crippen LogP contribution in [0.2, 0.25) is 0 Å². The van der Waals surface area contributed by atoms with Crippen LogP contribution in [-0.4, -0.2) is 9.55 Å². The van der Waals surface area contributed by atoms with E-state index in [-0.39, 0.29) is 11.5 Å². The van der Waals surface area contributed by atoms with Crippen molar-refractivity contribution in [3.63, 3.8) is 0 Å². The van der Waals surface area contributed by atoms with E-state index < -0.39 is 0 Å². The van der Waals surface area contributed by atoms with Gasteiger partial charge in [-0.05, 0) is 24.3 Å². The molecule has 130 valence electrons. The van der Waals surface area contributed by atoms with Crippen LogP contribution >= 0.6 is 22.7 Å². The molecule has 0 radical (unpaired) electrons. The summed E-state index contributed by atoms with van der Waals surface area (Å²) < 4.78 is 1.79. The van der Waals surface area contributed by atoms with Gasteiger partial charge in [0.1, 0.15) is 10.7 Å². The van der Waals surface area contributed by atoms with Crippen molar-refractivity contribution in [1.29, 1.82) is 5.26 Å². The predicted octanol–water partition coefficient (Wildman–Crippen LogP) is 5.18. The average Bonchev–Trinajstić information content (AvgIpc) is 3.23. The molecule has 0 N–H and O–H groups in total.